The lowest BCUT2D eigenvalue weighted by Crippen LogP contribution is -2.30. The Kier molecular flexibility index (Phi) is 4.96. The van der Waals surface area contributed by atoms with Crippen LogP contribution in [0.5, 0.6) is 17.2 Å². The molecule has 1 fully saturated rings. The van der Waals surface area contributed by atoms with Crippen LogP contribution in [0.25, 0.3) is 0 Å². The van der Waals surface area contributed by atoms with Gasteiger partial charge in [-0.05, 0) is 68.1 Å². The fourth-order valence-electron chi connectivity index (χ4n) is 2.96. The molecule has 1 atom stereocenters. The molecule has 22 heavy (non-hydrogen) atoms. The van der Waals surface area contributed by atoms with Crippen molar-refractivity contribution in [1.82, 2.24) is 5.32 Å². The summed E-state index contributed by atoms with van der Waals surface area (Å²) < 4.78 is 11.2. The van der Waals surface area contributed by atoms with E-state index in [1.807, 2.05) is 36.4 Å². The molecule has 3 nitrogen and oxygen atoms in total. The van der Waals surface area contributed by atoms with Crippen molar-refractivity contribution in [3.05, 3.63) is 54.1 Å². The number of piperidine rings is 1. The van der Waals surface area contributed by atoms with Crippen molar-refractivity contribution < 1.29 is 9.47 Å². The fraction of sp³-hybridized carbons (Fsp3) is 0.368. The molecule has 1 unspecified atom stereocenters. The van der Waals surface area contributed by atoms with Crippen LogP contribution in [-0.2, 0) is 6.42 Å². The van der Waals surface area contributed by atoms with Crippen molar-refractivity contribution in [3.8, 4) is 17.2 Å². The molecule has 3 heteroatoms. The molecule has 0 saturated carbocycles. The molecule has 0 spiro atoms. The Morgan fingerprint density at radius 1 is 1.05 bits per heavy atom. The van der Waals surface area contributed by atoms with Gasteiger partial charge in [0.2, 0.25) is 0 Å². The Morgan fingerprint density at radius 2 is 1.82 bits per heavy atom. The molecule has 1 aliphatic rings. The van der Waals surface area contributed by atoms with Gasteiger partial charge in [0.25, 0.3) is 0 Å². The monoisotopic (exact) mass is 297 g/mol. The van der Waals surface area contributed by atoms with Crippen LogP contribution in [0.2, 0.25) is 0 Å². The van der Waals surface area contributed by atoms with Gasteiger partial charge < -0.3 is 14.8 Å². The number of para-hydroxylation sites is 2. The van der Waals surface area contributed by atoms with Crippen LogP contribution in [0.4, 0.5) is 0 Å². The Labute approximate surface area is 132 Å². The van der Waals surface area contributed by atoms with E-state index in [2.05, 4.69) is 17.4 Å². The summed E-state index contributed by atoms with van der Waals surface area (Å²) >= 11 is 0. The molecule has 1 saturated heterocycles. The van der Waals surface area contributed by atoms with Crippen molar-refractivity contribution >= 4 is 0 Å². The van der Waals surface area contributed by atoms with Gasteiger partial charge in [0, 0.05) is 0 Å². The van der Waals surface area contributed by atoms with Gasteiger partial charge in [0.1, 0.15) is 5.75 Å². The number of methoxy groups -OCH3 is 1. The zero-order chi connectivity index (χ0) is 15.2. The third-order valence-corrected chi connectivity index (χ3v) is 4.14. The maximum Gasteiger partial charge on any atom is 0.169 e. The van der Waals surface area contributed by atoms with Crippen LogP contribution in [0.3, 0.4) is 0 Å². The highest BCUT2D eigenvalue weighted by molar-refractivity contribution is 5.43. The van der Waals surface area contributed by atoms with Crippen molar-refractivity contribution in [2.24, 2.45) is 5.92 Å². The molecule has 0 amide bonds. The van der Waals surface area contributed by atoms with E-state index in [1.165, 1.54) is 24.9 Å². The van der Waals surface area contributed by atoms with Gasteiger partial charge in [0.05, 0.1) is 7.11 Å². The van der Waals surface area contributed by atoms with Gasteiger partial charge in [0.15, 0.2) is 11.5 Å². The molecule has 2 aromatic carbocycles. The van der Waals surface area contributed by atoms with Crippen LogP contribution < -0.4 is 14.8 Å². The van der Waals surface area contributed by atoms with Gasteiger partial charge in [-0.25, -0.2) is 0 Å². The summed E-state index contributed by atoms with van der Waals surface area (Å²) in [6.45, 7) is 2.31. The molecule has 1 aliphatic heterocycles. The van der Waals surface area contributed by atoms with E-state index in [-0.39, 0.29) is 0 Å². The number of nitrogens with one attached hydrogen (secondary N) is 1. The van der Waals surface area contributed by atoms with Crippen molar-refractivity contribution in [2.75, 3.05) is 20.2 Å². The maximum atomic E-state index is 5.91. The largest absolute Gasteiger partial charge is 0.493 e. The first-order valence-electron chi connectivity index (χ1n) is 7.95. The molecule has 2 aromatic rings. The van der Waals surface area contributed by atoms with E-state index in [0.717, 1.165) is 36.1 Å². The topological polar surface area (TPSA) is 30.5 Å². The van der Waals surface area contributed by atoms with Gasteiger partial charge in [-0.2, -0.15) is 0 Å². The van der Waals surface area contributed by atoms with Crippen LogP contribution in [-0.4, -0.2) is 20.2 Å². The number of ether oxygens (including phenoxy) is 2. The van der Waals surface area contributed by atoms with Gasteiger partial charge >= 0.3 is 0 Å². The Morgan fingerprint density at radius 3 is 2.50 bits per heavy atom. The van der Waals surface area contributed by atoms with E-state index >= 15 is 0 Å². The van der Waals surface area contributed by atoms with Crippen LogP contribution in [0.1, 0.15) is 18.4 Å². The average molecular weight is 297 g/mol. The second-order valence-corrected chi connectivity index (χ2v) is 5.81. The molecule has 0 bridgehead atoms. The normalized spacial score (nSPS) is 18.0. The Hall–Kier alpha value is -2.00. The van der Waals surface area contributed by atoms with E-state index in [0.29, 0.717) is 0 Å². The maximum absolute atomic E-state index is 5.91. The van der Waals surface area contributed by atoms with Crippen molar-refractivity contribution in [3.63, 3.8) is 0 Å². The standard InChI is InChI=1S/C19H23NO2/c1-21-18-6-2-3-7-19(18)22-17-10-8-15(9-11-17)13-16-5-4-12-20-14-16/h2-3,6-11,16,20H,4-5,12-14H2,1H3. The molecular weight excluding hydrogens is 274 g/mol. The zero-order valence-electron chi connectivity index (χ0n) is 13.0. The fourth-order valence-corrected chi connectivity index (χ4v) is 2.96. The lowest BCUT2D eigenvalue weighted by molar-refractivity contribution is 0.375. The average Bonchev–Trinajstić information content (AvgIpc) is 2.58. The molecule has 0 aromatic heterocycles. The highest BCUT2D eigenvalue weighted by atomic mass is 16.5. The Balaban J connectivity index is 1.63. The van der Waals surface area contributed by atoms with Crippen molar-refractivity contribution in [1.29, 1.82) is 0 Å². The Bertz CT molecular complexity index is 589. The van der Waals surface area contributed by atoms with Gasteiger partial charge in [-0.15, -0.1) is 0 Å². The summed E-state index contributed by atoms with van der Waals surface area (Å²) in [4.78, 5) is 0. The summed E-state index contributed by atoms with van der Waals surface area (Å²) in [6.07, 6.45) is 3.76. The van der Waals surface area contributed by atoms with Crippen molar-refractivity contribution in [2.45, 2.75) is 19.3 Å². The summed E-state index contributed by atoms with van der Waals surface area (Å²) in [5, 5.41) is 3.47. The first kappa shape index (κ1) is 14.9. The number of benzene rings is 2. The summed E-state index contributed by atoms with van der Waals surface area (Å²) in [5.41, 5.74) is 1.38. The third-order valence-electron chi connectivity index (χ3n) is 4.14. The lowest BCUT2D eigenvalue weighted by atomic mass is 9.92. The predicted molar refractivity (Wildman–Crippen MR) is 88.8 cm³/mol. The molecule has 3 rings (SSSR count). The predicted octanol–water partition coefficient (Wildman–Crippen LogP) is 4.03. The van der Waals surface area contributed by atoms with Gasteiger partial charge in [-0.1, -0.05) is 24.3 Å². The highest BCUT2D eigenvalue weighted by Gasteiger charge is 2.13. The zero-order valence-corrected chi connectivity index (χ0v) is 13.0. The number of hydrogen-bond acceptors (Lipinski definition) is 3. The van der Waals surface area contributed by atoms with Gasteiger partial charge in [-0.3, -0.25) is 0 Å². The van der Waals surface area contributed by atoms with E-state index in [4.69, 9.17) is 9.47 Å². The molecule has 116 valence electrons. The molecule has 0 radical (unpaired) electrons. The minimum atomic E-state index is 0.745. The molecule has 1 N–H and O–H groups in total. The van der Waals surface area contributed by atoms with Crippen LogP contribution in [0.15, 0.2) is 48.5 Å². The van der Waals surface area contributed by atoms with Crippen LogP contribution in [0, 0.1) is 5.92 Å². The first-order valence-corrected chi connectivity index (χ1v) is 7.95. The van der Waals surface area contributed by atoms with E-state index in [1.54, 1.807) is 7.11 Å². The summed E-state index contributed by atoms with van der Waals surface area (Å²) in [5.74, 6) is 3.10. The SMILES string of the molecule is COc1ccccc1Oc1ccc(CC2CCCNC2)cc1. The summed E-state index contributed by atoms with van der Waals surface area (Å²) in [6, 6.07) is 16.1. The van der Waals surface area contributed by atoms with E-state index < -0.39 is 0 Å². The first-order chi connectivity index (χ1) is 10.8. The number of rotatable bonds is 5. The second-order valence-electron chi connectivity index (χ2n) is 5.81. The third kappa shape index (κ3) is 3.80. The quantitative estimate of drug-likeness (QED) is 0.904. The molecule has 0 aliphatic carbocycles. The molecule has 1 heterocycles. The smallest absolute Gasteiger partial charge is 0.169 e. The van der Waals surface area contributed by atoms with Crippen LogP contribution >= 0.6 is 0 Å². The lowest BCUT2D eigenvalue weighted by Gasteiger charge is -2.22. The number of hydrogen-bond donors (Lipinski definition) is 1. The molecular formula is C19H23NO2. The second kappa shape index (κ2) is 7.32. The highest BCUT2D eigenvalue weighted by Crippen LogP contribution is 2.31. The summed E-state index contributed by atoms with van der Waals surface area (Å²) in [7, 11) is 1.66. The van der Waals surface area contributed by atoms with E-state index in [9.17, 15) is 0 Å². The minimum Gasteiger partial charge on any atom is -0.493 e. The minimum absolute atomic E-state index is 0.745.